The second-order valence-electron chi connectivity index (χ2n) is 7.29. The number of aliphatic hydroxyl groups is 6. The van der Waals surface area contributed by atoms with Crippen molar-refractivity contribution in [2.45, 2.75) is 25.0 Å². The molecule has 1 aliphatic heterocycles. The fourth-order valence-corrected chi connectivity index (χ4v) is 3.12. The lowest BCUT2D eigenvalue weighted by Gasteiger charge is -2.27. The molecule has 1 aliphatic rings. The normalized spacial score (nSPS) is 17.7. The SMILES string of the molecule is CN=C1COC[C@@H](c2cc(NC(=O)c3ncc(OC(O)(O)O)cc3COC(O)(O)O)ccc2F)N1. The number of hydrogen-bond donors (Lipinski definition) is 8. The number of anilines is 1. The van der Waals surface area contributed by atoms with Crippen molar-refractivity contribution in [1.29, 1.82) is 0 Å². The average Bonchev–Trinajstić information content (AvgIpc) is 2.77. The van der Waals surface area contributed by atoms with Crippen LogP contribution in [0.5, 0.6) is 5.75 Å². The average molecular weight is 498 g/mol. The number of ether oxygens (including phenoxy) is 3. The number of hydrogen-bond acceptors (Lipinski definition) is 12. The number of carbonyl (C=O) groups excluding carboxylic acids is 1. The van der Waals surface area contributed by atoms with Crippen LogP contribution in [-0.4, -0.2) is 79.9 Å². The molecule has 1 aromatic heterocycles. The number of halogens is 1. The third-order valence-corrected chi connectivity index (χ3v) is 4.60. The maximum atomic E-state index is 14.5. The Bertz CT molecular complexity index is 1100. The molecule has 0 unspecified atom stereocenters. The van der Waals surface area contributed by atoms with Gasteiger partial charge in [0.15, 0.2) is 0 Å². The first kappa shape index (κ1) is 26.3. The Labute approximate surface area is 196 Å². The lowest BCUT2D eigenvalue weighted by molar-refractivity contribution is -0.458. The molecule has 2 heterocycles. The number of nitrogens with zero attached hydrogens (tertiary/aromatic N) is 2. The van der Waals surface area contributed by atoms with Crippen LogP contribution in [0.4, 0.5) is 10.1 Å². The van der Waals surface area contributed by atoms with Gasteiger partial charge in [0, 0.05) is 23.9 Å². The molecule has 0 aliphatic carbocycles. The molecular formula is C20H23FN4O10. The van der Waals surface area contributed by atoms with E-state index in [0.717, 1.165) is 18.3 Å². The summed E-state index contributed by atoms with van der Waals surface area (Å²) in [6.45, 7) is -0.407. The van der Waals surface area contributed by atoms with E-state index in [9.17, 15) is 9.18 Å². The van der Waals surface area contributed by atoms with Gasteiger partial charge in [-0.2, -0.15) is 0 Å². The smallest absolute Gasteiger partial charge is 0.415 e. The van der Waals surface area contributed by atoms with Crippen molar-refractivity contribution in [1.82, 2.24) is 10.3 Å². The third kappa shape index (κ3) is 7.61. The molecule has 1 aromatic carbocycles. The first-order valence-electron chi connectivity index (χ1n) is 9.91. The largest absolute Gasteiger partial charge is 0.453 e. The van der Waals surface area contributed by atoms with E-state index < -0.39 is 42.4 Å². The summed E-state index contributed by atoms with van der Waals surface area (Å²) in [7, 11) is 1.56. The van der Waals surface area contributed by atoms with Crippen LogP contribution in [0.2, 0.25) is 0 Å². The summed E-state index contributed by atoms with van der Waals surface area (Å²) in [5.74, 6) is -1.34. The van der Waals surface area contributed by atoms with Crippen LogP contribution >= 0.6 is 0 Å². The van der Waals surface area contributed by atoms with Crippen LogP contribution in [0.3, 0.4) is 0 Å². The molecule has 0 saturated carbocycles. The molecule has 8 N–H and O–H groups in total. The highest BCUT2D eigenvalue weighted by Gasteiger charge is 2.26. The molecule has 1 saturated heterocycles. The Morgan fingerprint density at radius 3 is 2.66 bits per heavy atom. The van der Waals surface area contributed by atoms with E-state index >= 15 is 0 Å². The summed E-state index contributed by atoms with van der Waals surface area (Å²) in [6.07, 6.45) is -6.27. The number of benzene rings is 1. The van der Waals surface area contributed by atoms with Crippen molar-refractivity contribution >= 4 is 17.4 Å². The Kier molecular flexibility index (Phi) is 7.93. The van der Waals surface area contributed by atoms with E-state index in [2.05, 4.69) is 30.1 Å². The van der Waals surface area contributed by atoms with Crippen molar-refractivity contribution in [3.05, 3.63) is 53.1 Å². The van der Waals surface area contributed by atoms with Gasteiger partial charge in [0.25, 0.3) is 5.91 Å². The molecule has 1 amide bonds. The number of amidine groups is 1. The van der Waals surface area contributed by atoms with E-state index in [0.29, 0.717) is 5.84 Å². The molecule has 14 nitrogen and oxygen atoms in total. The van der Waals surface area contributed by atoms with Crippen LogP contribution < -0.4 is 15.4 Å². The number of morpholine rings is 1. The Morgan fingerprint density at radius 1 is 1.26 bits per heavy atom. The van der Waals surface area contributed by atoms with Gasteiger partial charge in [0.2, 0.25) is 0 Å². The summed E-state index contributed by atoms with van der Waals surface area (Å²) in [5.41, 5.74) is -0.228. The van der Waals surface area contributed by atoms with E-state index in [1.54, 1.807) is 7.05 Å². The van der Waals surface area contributed by atoms with Gasteiger partial charge in [0.1, 0.15) is 29.7 Å². The standard InChI is InChI=1S/C20H23FN4O10/c1-22-16-9-33-8-15(25-16)13-5-11(2-3-14(13)21)24-18(26)17-10(7-34-19(27,28)29)4-12(6-23-17)35-20(30,31)32/h2-6,15,27-32H,7-9H2,1H3,(H,22,25)(H,24,26)/t15-/m0/s1. The number of aromatic nitrogens is 1. The van der Waals surface area contributed by atoms with Crippen LogP contribution in [0, 0.1) is 5.82 Å². The lowest BCUT2D eigenvalue weighted by Crippen LogP contribution is -2.40. The minimum absolute atomic E-state index is 0.158. The zero-order chi connectivity index (χ0) is 25.8. The van der Waals surface area contributed by atoms with Gasteiger partial charge in [-0.3, -0.25) is 14.5 Å². The molecule has 2 aromatic rings. The van der Waals surface area contributed by atoms with Crippen LogP contribution in [0.1, 0.15) is 27.7 Å². The van der Waals surface area contributed by atoms with E-state index in [-0.39, 0.29) is 35.7 Å². The minimum Gasteiger partial charge on any atom is -0.415 e. The Hall–Kier alpha value is -3.28. The molecule has 1 atom stereocenters. The highest BCUT2D eigenvalue weighted by Crippen LogP contribution is 2.25. The van der Waals surface area contributed by atoms with Crippen molar-refractivity contribution in [3.63, 3.8) is 0 Å². The topological polar surface area (TPSA) is 215 Å². The molecule has 15 heteroatoms. The van der Waals surface area contributed by atoms with Crippen LogP contribution in [0.15, 0.2) is 35.5 Å². The van der Waals surface area contributed by atoms with Gasteiger partial charge in [-0.05, 0) is 24.3 Å². The quantitative estimate of drug-likeness (QED) is 0.190. The van der Waals surface area contributed by atoms with Crippen molar-refractivity contribution < 1.29 is 54.0 Å². The highest BCUT2D eigenvalue weighted by molar-refractivity contribution is 6.04. The second-order valence-corrected chi connectivity index (χ2v) is 7.29. The number of pyridine rings is 1. The van der Waals surface area contributed by atoms with Gasteiger partial charge in [-0.1, -0.05) is 0 Å². The molecule has 190 valence electrons. The van der Waals surface area contributed by atoms with Crippen LogP contribution in [-0.2, 0) is 16.1 Å². The zero-order valence-electron chi connectivity index (χ0n) is 18.2. The number of amides is 1. The van der Waals surface area contributed by atoms with E-state index in [1.165, 1.54) is 12.1 Å². The second kappa shape index (κ2) is 10.5. The summed E-state index contributed by atoms with van der Waals surface area (Å²) >= 11 is 0. The van der Waals surface area contributed by atoms with Crippen LogP contribution in [0.25, 0.3) is 0 Å². The summed E-state index contributed by atoms with van der Waals surface area (Å²) in [5, 5.41) is 59.3. The van der Waals surface area contributed by atoms with E-state index in [1.807, 2.05) is 0 Å². The molecule has 35 heavy (non-hydrogen) atoms. The maximum absolute atomic E-state index is 14.5. The van der Waals surface area contributed by atoms with Gasteiger partial charge in [-0.15, -0.1) is 0 Å². The summed E-state index contributed by atoms with van der Waals surface area (Å²) < 4.78 is 28.7. The lowest BCUT2D eigenvalue weighted by atomic mass is 10.0. The molecule has 1 fully saturated rings. The highest BCUT2D eigenvalue weighted by atomic mass is 19.1. The van der Waals surface area contributed by atoms with Crippen molar-refractivity contribution in [2.24, 2.45) is 4.99 Å². The fourth-order valence-electron chi connectivity index (χ4n) is 3.12. The Balaban J connectivity index is 1.85. The van der Waals surface area contributed by atoms with Gasteiger partial charge in [0.05, 0.1) is 25.5 Å². The monoisotopic (exact) mass is 498 g/mol. The van der Waals surface area contributed by atoms with Gasteiger partial charge in [-0.25, -0.2) is 9.37 Å². The Morgan fingerprint density at radius 2 is 2.00 bits per heavy atom. The first-order valence-corrected chi connectivity index (χ1v) is 9.91. The number of carbonyl (C=O) groups is 1. The van der Waals surface area contributed by atoms with E-state index in [4.69, 9.17) is 35.4 Å². The number of aliphatic imine (C=N–C) groups is 1. The molecule has 0 bridgehead atoms. The molecule has 0 radical (unpaired) electrons. The van der Waals surface area contributed by atoms with Gasteiger partial charge >= 0.3 is 12.3 Å². The number of nitrogens with one attached hydrogen (secondary N) is 2. The number of rotatable bonds is 8. The molecule has 0 spiro atoms. The molecular weight excluding hydrogens is 475 g/mol. The maximum Gasteiger partial charge on any atom is 0.453 e. The summed E-state index contributed by atoms with van der Waals surface area (Å²) in [6, 6.07) is 4.19. The van der Waals surface area contributed by atoms with Crippen molar-refractivity contribution in [3.8, 4) is 5.75 Å². The first-order chi connectivity index (χ1) is 16.3. The fraction of sp³-hybridized carbons (Fsp3) is 0.350. The van der Waals surface area contributed by atoms with Gasteiger partial charge < -0.3 is 50.7 Å². The minimum atomic E-state index is -3.57. The predicted molar refractivity (Wildman–Crippen MR) is 113 cm³/mol. The molecule has 3 rings (SSSR count). The summed E-state index contributed by atoms with van der Waals surface area (Å²) in [4.78, 5) is 20.7. The predicted octanol–water partition coefficient (Wildman–Crippen LogP) is -1.77. The zero-order valence-corrected chi connectivity index (χ0v) is 18.2. The third-order valence-electron chi connectivity index (χ3n) is 4.60. The van der Waals surface area contributed by atoms with Crippen molar-refractivity contribution in [2.75, 3.05) is 25.6 Å².